The largest absolute Gasteiger partial charge is 0.462 e. The van der Waals surface area contributed by atoms with Crippen molar-refractivity contribution in [1.29, 1.82) is 0 Å². The fraction of sp³-hybridized carbons (Fsp3) is 0.130. The molecule has 0 spiro atoms. The van der Waals surface area contributed by atoms with Gasteiger partial charge >= 0.3 is 5.97 Å². The van der Waals surface area contributed by atoms with Gasteiger partial charge in [0, 0.05) is 22.3 Å². The molecule has 1 heterocycles. The van der Waals surface area contributed by atoms with Gasteiger partial charge in [-0.05, 0) is 73.2 Å². The Kier molecular flexibility index (Phi) is 6.87. The summed E-state index contributed by atoms with van der Waals surface area (Å²) >= 11 is 5.89. The minimum Gasteiger partial charge on any atom is -0.462 e. The molecule has 0 bridgehead atoms. The Morgan fingerprint density at radius 1 is 1.03 bits per heavy atom. The average molecular weight is 410 g/mol. The maximum absolute atomic E-state index is 12.1. The van der Waals surface area contributed by atoms with Gasteiger partial charge in [0.15, 0.2) is 0 Å². The zero-order valence-electron chi connectivity index (χ0n) is 15.9. The van der Waals surface area contributed by atoms with Gasteiger partial charge in [-0.25, -0.2) is 4.79 Å². The lowest BCUT2D eigenvalue weighted by molar-refractivity contribution is -0.111. The third-order valence-electron chi connectivity index (χ3n) is 3.98. The molecule has 0 saturated carbocycles. The van der Waals surface area contributed by atoms with Gasteiger partial charge in [0.2, 0.25) is 5.91 Å². The van der Waals surface area contributed by atoms with Crippen LogP contribution >= 0.6 is 11.6 Å². The van der Waals surface area contributed by atoms with E-state index in [4.69, 9.17) is 20.8 Å². The molecule has 0 aliphatic rings. The molecule has 2 aromatic carbocycles. The third kappa shape index (κ3) is 5.83. The van der Waals surface area contributed by atoms with E-state index >= 15 is 0 Å². The average Bonchev–Trinajstić information content (AvgIpc) is 3.20. The lowest BCUT2D eigenvalue weighted by atomic mass is 10.2. The highest BCUT2D eigenvalue weighted by molar-refractivity contribution is 6.30. The number of hydrogen-bond donors (Lipinski definition) is 1. The summed E-state index contributed by atoms with van der Waals surface area (Å²) in [4.78, 5) is 23.9. The molecule has 3 aromatic rings. The molecule has 0 atom stereocenters. The Labute approximate surface area is 173 Å². The summed E-state index contributed by atoms with van der Waals surface area (Å²) in [5.41, 5.74) is 1.92. The number of nitrogens with one attached hydrogen (secondary N) is 1. The first-order valence-corrected chi connectivity index (χ1v) is 9.55. The van der Waals surface area contributed by atoms with Gasteiger partial charge in [-0.2, -0.15) is 0 Å². The molecule has 0 unspecified atom stereocenters. The molecular weight excluding hydrogens is 390 g/mol. The molecule has 1 amide bonds. The number of ether oxygens (including phenoxy) is 1. The van der Waals surface area contributed by atoms with Crippen LogP contribution in [0.15, 0.2) is 71.2 Å². The number of amides is 1. The van der Waals surface area contributed by atoms with E-state index in [-0.39, 0.29) is 11.9 Å². The summed E-state index contributed by atoms with van der Waals surface area (Å²) in [6, 6.07) is 17.5. The fourth-order valence-electron chi connectivity index (χ4n) is 2.52. The minimum absolute atomic E-state index is 0.309. The number of furan rings is 1. The second-order valence-corrected chi connectivity index (χ2v) is 6.68. The topological polar surface area (TPSA) is 68.5 Å². The zero-order valence-corrected chi connectivity index (χ0v) is 16.6. The first-order chi connectivity index (χ1) is 14.0. The maximum Gasteiger partial charge on any atom is 0.338 e. The number of benzene rings is 2. The normalized spacial score (nSPS) is 10.8. The molecule has 5 nitrogen and oxygen atoms in total. The van der Waals surface area contributed by atoms with Gasteiger partial charge in [0.25, 0.3) is 0 Å². The highest BCUT2D eigenvalue weighted by Crippen LogP contribution is 2.24. The van der Waals surface area contributed by atoms with E-state index in [2.05, 4.69) is 5.32 Å². The highest BCUT2D eigenvalue weighted by atomic mass is 35.5. The summed E-state index contributed by atoms with van der Waals surface area (Å²) in [7, 11) is 0. The summed E-state index contributed by atoms with van der Waals surface area (Å²) < 4.78 is 10.8. The molecule has 0 aliphatic heterocycles. The molecule has 0 saturated heterocycles. The predicted molar refractivity (Wildman–Crippen MR) is 114 cm³/mol. The van der Waals surface area contributed by atoms with Crippen LogP contribution in [0, 0.1) is 0 Å². The van der Waals surface area contributed by atoms with Crippen molar-refractivity contribution < 1.29 is 18.7 Å². The van der Waals surface area contributed by atoms with E-state index in [1.807, 2.05) is 25.1 Å². The predicted octanol–water partition coefficient (Wildman–Crippen LogP) is 5.82. The van der Waals surface area contributed by atoms with Gasteiger partial charge in [-0.1, -0.05) is 18.5 Å². The molecule has 0 aliphatic carbocycles. The smallest absolute Gasteiger partial charge is 0.338 e. The Balaban J connectivity index is 1.57. The Morgan fingerprint density at radius 3 is 2.45 bits per heavy atom. The van der Waals surface area contributed by atoms with E-state index < -0.39 is 0 Å². The molecule has 1 N–H and O–H groups in total. The first kappa shape index (κ1) is 20.4. The molecule has 0 radical (unpaired) electrons. The van der Waals surface area contributed by atoms with Crippen molar-refractivity contribution in [3.8, 4) is 11.3 Å². The van der Waals surface area contributed by atoms with Crippen LogP contribution in [0.5, 0.6) is 0 Å². The van der Waals surface area contributed by atoms with Crippen molar-refractivity contribution >= 4 is 35.2 Å². The first-order valence-electron chi connectivity index (χ1n) is 9.17. The molecular formula is C23H20ClNO4. The van der Waals surface area contributed by atoms with Crippen LogP contribution < -0.4 is 5.32 Å². The number of carbonyl (C=O) groups is 2. The van der Waals surface area contributed by atoms with Crippen molar-refractivity contribution in [2.45, 2.75) is 13.3 Å². The summed E-state index contributed by atoms with van der Waals surface area (Å²) in [5, 5.41) is 3.39. The Morgan fingerprint density at radius 2 is 1.76 bits per heavy atom. The van der Waals surface area contributed by atoms with Gasteiger partial charge in [0.1, 0.15) is 11.5 Å². The van der Waals surface area contributed by atoms with Gasteiger partial charge in [-0.15, -0.1) is 0 Å². The lowest BCUT2D eigenvalue weighted by Crippen LogP contribution is -2.09. The molecule has 6 heteroatoms. The van der Waals surface area contributed by atoms with Crippen molar-refractivity contribution in [1.82, 2.24) is 0 Å². The number of hydrogen-bond acceptors (Lipinski definition) is 4. The molecule has 0 fully saturated rings. The van der Waals surface area contributed by atoms with Crippen LogP contribution in [0.2, 0.25) is 5.02 Å². The molecule has 1 aromatic heterocycles. The quantitative estimate of drug-likeness (QED) is 0.394. The fourth-order valence-corrected chi connectivity index (χ4v) is 2.65. The highest BCUT2D eigenvalue weighted by Gasteiger charge is 2.07. The number of halogens is 1. The summed E-state index contributed by atoms with van der Waals surface area (Å²) in [5.74, 6) is 0.557. The lowest BCUT2D eigenvalue weighted by Gasteiger charge is -2.05. The van der Waals surface area contributed by atoms with Crippen LogP contribution in [0.1, 0.15) is 29.5 Å². The maximum atomic E-state index is 12.1. The second kappa shape index (κ2) is 9.75. The monoisotopic (exact) mass is 409 g/mol. The van der Waals surface area contributed by atoms with E-state index in [0.29, 0.717) is 34.4 Å². The van der Waals surface area contributed by atoms with E-state index in [1.165, 1.54) is 6.08 Å². The Hall–Kier alpha value is -3.31. The van der Waals surface area contributed by atoms with Gasteiger partial charge in [-0.3, -0.25) is 4.79 Å². The van der Waals surface area contributed by atoms with Crippen molar-refractivity contribution in [2.24, 2.45) is 0 Å². The third-order valence-corrected chi connectivity index (χ3v) is 4.23. The summed E-state index contributed by atoms with van der Waals surface area (Å²) in [6.45, 7) is 2.31. The van der Waals surface area contributed by atoms with Crippen LogP contribution in [-0.4, -0.2) is 18.5 Å². The number of esters is 1. The zero-order chi connectivity index (χ0) is 20.6. The number of anilines is 1. The molecule has 3 rings (SSSR count). The number of rotatable bonds is 7. The summed E-state index contributed by atoms with van der Waals surface area (Å²) in [6.07, 6.45) is 3.74. The standard InChI is InChI=1S/C23H20ClNO4/c1-2-15-28-23(27)17-5-9-19(10-6-17)25-22(26)14-12-20-11-13-21(29-20)16-3-7-18(24)8-4-16/h3-14H,2,15H2,1H3,(H,25,26). The van der Waals surface area contributed by atoms with Gasteiger partial charge < -0.3 is 14.5 Å². The van der Waals surface area contributed by atoms with E-state index in [0.717, 1.165) is 12.0 Å². The second-order valence-electron chi connectivity index (χ2n) is 6.24. The molecule has 148 valence electrons. The molecule has 29 heavy (non-hydrogen) atoms. The van der Waals surface area contributed by atoms with Gasteiger partial charge in [0.05, 0.1) is 12.2 Å². The van der Waals surface area contributed by atoms with Crippen molar-refractivity contribution in [2.75, 3.05) is 11.9 Å². The van der Waals surface area contributed by atoms with Crippen LogP contribution in [-0.2, 0) is 9.53 Å². The minimum atomic E-state index is -0.376. The van der Waals surface area contributed by atoms with Crippen molar-refractivity contribution in [3.05, 3.63) is 83.1 Å². The van der Waals surface area contributed by atoms with E-state index in [1.54, 1.807) is 48.5 Å². The SMILES string of the molecule is CCCOC(=O)c1ccc(NC(=O)C=Cc2ccc(-c3ccc(Cl)cc3)o2)cc1. The Bertz CT molecular complexity index is 1000. The van der Waals surface area contributed by atoms with Crippen molar-refractivity contribution in [3.63, 3.8) is 0 Å². The van der Waals surface area contributed by atoms with Crippen LogP contribution in [0.25, 0.3) is 17.4 Å². The van der Waals surface area contributed by atoms with Crippen LogP contribution in [0.4, 0.5) is 5.69 Å². The van der Waals surface area contributed by atoms with E-state index in [9.17, 15) is 9.59 Å². The van der Waals surface area contributed by atoms with Crippen LogP contribution in [0.3, 0.4) is 0 Å². The number of carbonyl (C=O) groups excluding carboxylic acids is 2.